The third-order valence-corrected chi connectivity index (χ3v) is 3.15. The first kappa shape index (κ1) is 12.3. The van der Waals surface area contributed by atoms with Crippen molar-refractivity contribution in [2.45, 2.75) is 13.3 Å². The molecular weight excluding hydrogens is 214 g/mol. The number of hydrogen-bond donors (Lipinski definition) is 1. The van der Waals surface area contributed by atoms with Gasteiger partial charge in [-0.15, -0.1) is 5.10 Å². The topological polar surface area (TPSA) is 58.3 Å². The van der Waals surface area contributed by atoms with Gasteiger partial charge in [0, 0.05) is 26.2 Å². The number of aromatic nitrogens is 2. The lowest BCUT2D eigenvalue weighted by Gasteiger charge is -2.35. The number of hydrogen-bond acceptors (Lipinski definition) is 5. The smallest absolute Gasteiger partial charge is 0.151 e. The summed E-state index contributed by atoms with van der Waals surface area (Å²) in [6.07, 6.45) is 2.88. The summed E-state index contributed by atoms with van der Waals surface area (Å²) in [5.41, 5.74) is 6.69. The molecule has 1 aromatic heterocycles. The van der Waals surface area contributed by atoms with Crippen molar-refractivity contribution >= 4 is 5.82 Å². The van der Waals surface area contributed by atoms with E-state index in [0.717, 1.165) is 51.5 Å². The molecule has 0 bridgehead atoms. The van der Waals surface area contributed by atoms with E-state index >= 15 is 0 Å². The molecule has 0 saturated carbocycles. The Morgan fingerprint density at radius 1 is 1.29 bits per heavy atom. The molecule has 0 radical (unpaired) electrons. The Labute approximate surface area is 103 Å². The van der Waals surface area contributed by atoms with E-state index in [1.54, 1.807) is 6.20 Å². The molecule has 0 amide bonds. The van der Waals surface area contributed by atoms with E-state index in [9.17, 15) is 0 Å². The Bertz CT molecular complexity index is 347. The second-order valence-electron chi connectivity index (χ2n) is 4.56. The molecule has 2 heterocycles. The molecule has 1 fully saturated rings. The largest absolute Gasteiger partial charge is 0.353 e. The van der Waals surface area contributed by atoms with Crippen LogP contribution in [0.25, 0.3) is 0 Å². The van der Waals surface area contributed by atoms with E-state index in [2.05, 4.69) is 33.0 Å². The maximum atomic E-state index is 5.53. The normalized spacial score (nSPS) is 17.4. The van der Waals surface area contributed by atoms with Crippen molar-refractivity contribution in [3.8, 4) is 0 Å². The Kier molecular flexibility index (Phi) is 4.28. The Morgan fingerprint density at radius 2 is 2.06 bits per heavy atom. The second kappa shape index (κ2) is 5.93. The highest BCUT2D eigenvalue weighted by atomic mass is 15.3. The van der Waals surface area contributed by atoms with Gasteiger partial charge >= 0.3 is 0 Å². The maximum Gasteiger partial charge on any atom is 0.151 e. The molecule has 17 heavy (non-hydrogen) atoms. The third-order valence-electron chi connectivity index (χ3n) is 3.15. The number of piperazine rings is 1. The van der Waals surface area contributed by atoms with Crippen LogP contribution >= 0.6 is 0 Å². The Hall–Kier alpha value is -1.20. The van der Waals surface area contributed by atoms with Crippen LogP contribution < -0.4 is 10.6 Å². The lowest BCUT2D eigenvalue weighted by Crippen LogP contribution is -2.47. The standard InChI is InChI=1S/C12H21N5/c1-11-9-12(15-14-10-11)17-7-5-16(6-8-17)4-2-3-13/h9-10H,2-8,13H2,1H3. The Balaban J connectivity index is 1.86. The van der Waals surface area contributed by atoms with Crippen LogP contribution in [0.15, 0.2) is 12.3 Å². The summed E-state index contributed by atoms with van der Waals surface area (Å²) in [5.74, 6) is 1.00. The highest BCUT2D eigenvalue weighted by molar-refractivity contribution is 5.39. The summed E-state index contributed by atoms with van der Waals surface area (Å²) in [5, 5.41) is 8.19. The number of nitrogens with two attached hydrogens (primary N) is 1. The van der Waals surface area contributed by atoms with Crippen LogP contribution in [0.4, 0.5) is 5.82 Å². The third kappa shape index (κ3) is 3.38. The first-order valence-electron chi connectivity index (χ1n) is 6.26. The van der Waals surface area contributed by atoms with Gasteiger partial charge in [-0.25, -0.2) is 0 Å². The van der Waals surface area contributed by atoms with Crippen molar-refractivity contribution in [1.82, 2.24) is 15.1 Å². The quantitative estimate of drug-likeness (QED) is 0.811. The zero-order chi connectivity index (χ0) is 12.1. The van der Waals surface area contributed by atoms with E-state index in [4.69, 9.17) is 5.73 Å². The van der Waals surface area contributed by atoms with Gasteiger partial charge in [-0.1, -0.05) is 0 Å². The maximum absolute atomic E-state index is 5.53. The van der Waals surface area contributed by atoms with Gasteiger partial charge in [0.25, 0.3) is 0 Å². The summed E-state index contributed by atoms with van der Waals surface area (Å²) in [6, 6.07) is 2.10. The van der Waals surface area contributed by atoms with Crippen molar-refractivity contribution in [1.29, 1.82) is 0 Å². The molecule has 0 aliphatic carbocycles. The summed E-state index contributed by atoms with van der Waals surface area (Å²) in [4.78, 5) is 4.77. The molecule has 1 saturated heterocycles. The number of nitrogens with zero attached hydrogens (tertiary/aromatic N) is 4. The highest BCUT2D eigenvalue weighted by Gasteiger charge is 2.17. The van der Waals surface area contributed by atoms with E-state index < -0.39 is 0 Å². The SMILES string of the molecule is Cc1cnnc(N2CCN(CCCN)CC2)c1. The van der Waals surface area contributed by atoms with E-state index in [-0.39, 0.29) is 0 Å². The van der Waals surface area contributed by atoms with Gasteiger partial charge in [0.15, 0.2) is 5.82 Å². The Morgan fingerprint density at radius 3 is 2.71 bits per heavy atom. The van der Waals surface area contributed by atoms with Gasteiger partial charge in [0.1, 0.15) is 0 Å². The lowest BCUT2D eigenvalue weighted by molar-refractivity contribution is 0.255. The minimum absolute atomic E-state index is 0.781. The van der Waals surface area contributed by atoms with E-state index in [1.807, 2.05) is 0 Å². The molecule has 5 nitrogen and oxygen atoms in total. The van der Waals surface area contributed by atoms with Crippen molar-refractivity contribution in [2.75, 3.05) is 44.2 Å². The molecule has 0 unspecified atom stereocenters. The van der Waals surface area contributed by atoms with Crippen LogP contribution in [0, 0.1) is 6.92 Å². The fourth-order valence-corrected chi connectivity index (χ4v) is 2.12. The predicted molar refractivity (Wildman–Crippen MR) is 69.1 cm³/mol. The fourth-order valence-electron chi connectivity index (χ4n) is 2.12. The number of aryl methyl sites for hydroxylation is 1. The molecule has 94 valence electrons. The minimum Gasteiger partial charge on any atom is -0.353 e. The molecule has 0 aromatic carbocycles. The molecule has 0 atom stereocenters. The van der Waals surface area contributed by atoms with Gasteiger partial charge in [-0.3, -0.25) is 4.90 Å². The molecule has 2 rings (SSSR count). The van der Waals surface area contributed by atoms with E-state index in [1.165, 1.54) is 5.56 Å². The fraction of sp³-hybridized carbons (Fsp3) is 0.667. The second-order valence-corrected chi connectivity index (χ2v) is 4.56. The van der Waals surface area contributed by atoms with Crippen LogP contribution in [0.5, 0.6) is 0 Å². The van der Waals surface area contributed by atoms with Crippen LogP contribution in [-0.2, 0) is 0 Å². The van der Waals surface area contributed by atoms with Crippen molar-refractivity contribution in [3.63, 3.8) is 0 Å². The average Bonchev–Trinajstić information content (AvgIpc) is 2.37. The highest BCUT2D eigenvalue weighted by Crippen LogP contribution is 2.13. The first-order valence-corrected chi connectivity index (χ1v) is 6.26. The summed E-state index contributed by atoms with van der Waals surface area (Å²) < 4.78 is 0. The predicted octanol–water partition coefficient (Wildman–Crippen LogP) is 0.256. The molecule has 1 aliphatic rings. The van der Waals surface area contributed by atoms with Crippen LogP contribution in [0.3, 0.4) is 0 Å². The zero-order valence-corrected chi connectivity index (χ0v) is 10.5. The van der Waals surface area contributed by atoms with Gasteiger partial charge in [-0.2, -0.15) is 5.10 Å². The average molecular weight is 235 g/mol. The van der Waals surface area contributed by atoms with Gasteiger partial charge < -0.3 is 10.6 Å². The summed E-state index contributed by atoms with van der Waals surface area (Å²) in [6.45, 7) is 8.19. The van der Waals surface area contributed by atoms with Crippen LogP contribution in [0.2, 0.25) is 0 Å². The van der Waals surface area contributed by atoms with Crippen molar-refractivity contribution in [3.05, 3.63) is 17.8 Å². The lowest BCUT2D eigenvalue weighted by atomic mass is 10.2. The summed E-state index contributed by atoms with van der Waals surface area (Å²) in [7, 11) is 0. The van der Waals surface area contributed by atoms with E-state index in [0.29, 0.717) is 0 Å². The van der Waals surface area contributed by atoms with Crippen LogP contribution in [-0.4, -0.2) is 54.4 Å². The van der Waals surface area contributed by atoms with Crippen molar-refractivity contribution in [2.24, 2.45) is 5.73 Å². The zero-order valence-electron chi connectivity index (χ0n) is 10.5. The van der Waals surface area contributed by atoms with Gasteiger partial charge in [0.05, 0.1) is 6.20 Å². The van der Waals surface area contributed by atoms with Gasteiger partial charge in [0.2, 0.25) is 0 Å². The molecule has 5 heteroatoms. The van der Waals surface area contributed by atoms with Crippen molar-refractivity contribution < 1.29 is 0 Å². The molecule has 0 spiro atoms. The number of rotatable bonds is 4. The number of anilines is 1. The monoisotopic (exact) mass is 235 g/mol. The summed E-state index contributed by atoms with van der Waals surface area (Å²) >= 11 is 0. The molecule has 2 N–H and O–H groups in total. The first-order chi connectivity index (χ1) is 8.29. The van der Waals surface area contributed by atoms with Gasteiger partial charge in [-0.05, 0) is 38.1 Å². The minimum atomic E-state index is 0.781. The molecule has 1 aromatic rings. The van der Waals surface area contributed by atoms with Crippen LogP contribution in [0.1, 0.15) is 12.0 Å². The molecular formula is C12H21N5. The molecule has 1 aliphatic heterocycles.